The highest BCUT2D eigenvalue weighted by Gasteiger charge is 2.55. The van der Waals surface area contributed by atoms with E-state index in [9.17, 15) is 9.59 Å². The van der Waals surface area contributed by atoms with Crippen molar-refractivity contribution < 1.29 is 27.8 Å². The Hall–Kier alpha value is -5.84. The number of nitrogens with zero attached hydrogens (tertiary/aromatic N) is 4. The van der Waals surface area contributed by atoms with Crippen molar-refractivity contribution in [2.75, 3.05) is 6.54 Å². The fraction of sp³-hybridized carbons (Fsp3) is 0.388. The first-order valence-electron chi connectivity index (χ1n) is 21.2. The highest BCUT2D eigenvalue weighted by Crippen LogP contribution is 2.59. The molecule has 4 atom stereocenters. The monoisotopic (exact) mass is 807 g/mol. The van der Waals surface area contributed by atoms with Gasteiger partial charge in [-0.2, -0.15) is 8.78 Å². The molecule has 2 saturated carbocycles. The maximum atomic E-state index is 16.6. The third kappa shape index (κ3) is 6.22. The molecule has 1 spiro atoms. The van der Waals surface area contributed by atoms with Crippen LogP contribution < -0.4 is 0 Å². The number of rotatable bonds is 6. The second-order valence-electron chi connectivity index (χ2n) is 18.8. The minimum absolute atomic E-state index is 0.0183. The molecule has 5 aromatic rings. The molecule has 1 aromatic heterocycles. The van der Waals surface area contributed by atoms with Crippen molar-refractivity contribution in [3.05, 3.63) is 119 Å². The lowest BCUT2D eigenvalue weighted by Crippen LogP contribution is -2.49. The second-order valence-corrected chi connectivity index (χ2v) is 18.8. The molecule has 4 heterocycles. The average molecular weight is 808 g/mol. The Bertz CT molecular complexity index is 2610. The zero-order chi connectivity index (χ0) is 41.1. The third-order valence-electron chi connectivity index (χ3n) is 13.7. The number of alkyl halides is 2. The van der Waals surface area contributed by atoms with Crippen LogP contribution in [-0.4, -0.2) is 61.9 Å². The number of benzene rings is 4. The number of ether oxygens (including phenoxy) is 2. The van der Waals surface area contributed by atoms with E-state index in [2.05, 4.69) is 16.0 Å². The van der Waals surface area contributed by atoms with Gasteiger partial charge in [0, 0.05) is 41.4 Å². The van der Waals surface area contributed by atoms with Crippen molar-refractivity contribution in [1.29, 1.82) is 0 Å². The Morgan fingerprint density at radius 3 is 2.35 bits per heavy atom. The van der Waals surface area contributed by atoms with Crippen LogP contribution in [0, 0.1) is 11.3 Å². The van der Waals surface area contributed by atoms with Crippen LogP contribution in [0.1, 0.15) is 93.4 Å². The standard InChI is InChI=1S/C49H47F2N5O4/c1-47(2,3)60-45(57)55-27-48(17-18-48)24-42(55)44-52-25-41(54-44)31-11-15-36-35-14-10-30(21-37(35)49(50,51)38(36)22-31)29-12-16-39-33(19-29)23-40(53-39)43-32-9-13-34(20-32)56(43)46(58)59-26-28-7-5-4-6-8-28/h4-8,10-12,14-16,19,21-22,25,32,34,42-43H,9,13,17-18,20,23-24,26-27H2,1-3H3,(H,52,54)/t32-,34+,42-,43?/m0/s1. The molecular formula is C49H47F2N5O4. The molecule has 1 N–H and O–H groups in total. The number of fused-ring (bicyclic) bond motifs is 6. The maximum Gasteiger partial charge on any atom is 0.410 e. The Morgan fingerprint density at radius 2 is 1.60 bits per heavy atom. The van der Waals surface area contributed by atoms with E-state index in [1.807, 2.05) is 80.3 Å². The molecule has 11 rings (SSSR count). The lowest BCUT2D eigenvalue weighted by Gasteiger charge is -2.34. The first-order chi connectivity index (χ1) is 28.8. The summed E-state index contributed by atoms with van der Waals surface area (Å²) in [5.41, 5.74) is 7.05. The number of hydrogen-bond acceptors (Lipinski definition) is 6. The Morgan fingerprint density at radius 1 is 0.883 bits per heavy atom. The van der Waals surface area contributed by atoms with Crippen molar-refractivity contribution in [3.63, 3.8) is 0 Å². The lowest BCUT2D eigenvalue weighted by molar-refractivity contribution is 0.0212. The number of halogens is 2. The second kappa shape index (κ2) is 13.3. The molecule has 306 valence electrons. The molecule has 2 bridgehead atoms. The molecule has 2 amide bonds. The van der Waals surface area contributed by atoms with Gasteiger partial charge in [0.25, 0.3) is 5.92 Å². The Balaban J connectivity index is 0.813. The molecule has 9 nitrogen and oxygen atoms in total. The van der Waals surface area contributed by atoms with E-state index in [0.717, 1.165) is 66.6 Å². The number of carbonyl (C=O) groups is 2. The van der Waals surface area contributed by atoms with E-state index < -0.39 is 11.5 Å². The summed E-state index contributed by atoms with van der Waals surface area (Å²) in [6.45, 7) is 6.43. The topological polar surface area (TPSA) is 100 Å². The predicted octanol–water partition coefficient (Wildman–Crippen LogP) is 11.1. The fourth-order valence-corrected chi connectivity index (χ4v) is 10.6. The molecule has 3 aliphatic carbocycles. The number of aliphatic imine (C=N–C) groups is 1. The summed E-state index contributed by atoms with van der Waals surface area (Å²) < 4.78 is 44.7. The molecule has 4 fully saturated rings. The van der Waals surface area contributed by atoms with E-state index in [-0.39, 0.29) is 53.5 Å². The number of aromatic amines is 1. The first kappa shape index (κ1) is 37.2. The van der Waals surface area contributed by atoms with Gasteiger partial charge in [0.05, 0.1) is 29.7 Å². The number of imidazole rings is 1. The number of aromatic nitrogens is 2. The highest BCUT2D eigenvalue weighted by atomic mass is 19.3. The molecule has 60 heavy (non-hydrogen) atoms. The van der Waals surface area contributed by atoms with Gasteiger partial charge in [0.1, 0.15) is 18.0 Å². The maximum absolute atomic E-state index is 16.6. The van der Waals surface area contributed by atoms with Crippen LogP contribution >= 0.6 is 0 Å². The SMILES string of the molecule is CC(C)(C)OC(=O)N1CC2(CC2)C[C@H]1c1ncc(-c2ccc3c(c2)C(F)(F)c2cc(-c4ccc5c(c4)CC(C4[C@H]6CC[C@H](C6)N4C(=O)OCc4ccccc4)=N5)ccc2-3)[nH]1. The number of likely N-dealkylation sites (tertiary alicyclic amines) is 2. The van der Waals surface area contributed by atoms with Gasteiger partial charge in [0.2, 0.25) is 0 Å². The number of hydrogen-bond donors (Lipinski definition) is 1. The number of H-pyrrole nitrogens is 1. The largest absolute Gasteiger partial charge is 0.445 e. The van der Waals surface area contributed by atoms with Gasteiger partial charge in [0.15, 0.2) is 0 Å². The van der Waals surface area contributed by atoms with E-state index in [1.165, 1.54) is 0 Å². The van der Waals surface area contributed by atoms with Gasteiger partial charge >= 0.3 is 12.2 Å². The summed E-state index contributed by atoms with van der Waals surface area (Å²) in [5.74, 6) is -2.23. The molecule has 4 aromatic carbocycles. The molecule has 6 aliphatic rings. The number of carbonyl (C=O) groups excluding carboxylic acids is 2. The molecule has 3 aliphatic heterocycles. The van der Waals surface area contributed by atoms with E-state index in [1.54, 1.807) is 35.4 Å². The molecule has 0 radical (unpaired) electrons. The van der Waals surface area contributed by atoms with Crippen molar-refractivity contribution >= 4 is 23.6 Å². The predicted molar refractivity (Wildman–Crippen MR) is 224 cm³/mol. The highest BCUT2D eigenvalue weighted by molar-refractivity contribution is 6.00. The van der Waals surface area contributed by atoms with Gasteiger partial charge in [-0.3, -0.25) is 14.8 Å². The number of nitrogens with one attached hydrogen (secondary N) is 1. The van der Waals surface area contributed by atoms with Crippen molar-refractivity contribution in [1.82, 2.24) is 19.8 Å². The van der Waals surface area contributed by atoms with Crippen LogP contribution in [0.3, 0.4) is 0 Å². The Labute approximate surface area is 347 Å². The summed E-state index contributed by atoms with van der Waals surface area (Å²) in [4.78, 5) is 43.6. The summed E-state index contributed by atoms with van der Waals surface area (Å²) >= 11 is 0. The quantitative estimate of drug-likeness (QED) is 0.184. The van der Waals surface area contributed by atoms with Crippen molar-refractivity contribution in [3.8, 4) is 33.5 Å². The van der Waals surface area contributed by atoms with Crippen LogP contribution in [0.4, 0.5) is 24.1 Å². The van der Waals surface area contributed by atoms with Crippen LogP contribution in [0.5, 0.6) is 0 Å². The number of amides is 2. The molecule has 1 unspecified atom stereocenters. The van der Waals surface area contributed by atoms with Crippen LogP contribution in [-0.2, 0) is 28.4 Å². The van der Waals surface area contributed by atoms with Crippen molar-refractivity contribution in [2.45, 2.75) is 102 Å². The molecular weight excluding hydrogens is 761 g/mol. The van der Waals surface area contributed by atoms with Gasteiger partial charge < -0.3 is 14.5 Å². The zero-order valence-electron chi connectivity index (χ0n) is 34.0. The summed E-state index contributed by atoms with van der Waals surface area (Å²) in [5, 5.41) is 0. The molecule has 11 heteroatoms. The van der Waals surface area contributed by atoms with Crippen LogP contribution in [0.2, 0.25) is 0 Å². The smallest absolute Gasteiger partial charge is 0.410 e. The third-order valence-corrected chi connectivity index (χ3v) is 13.7. The van der Waals surface area contributed by atoms with Gasteiger partial charge in [-0.15, -0.1) is 0 Å². The lowest BCUT2D eigenvalue weighted by atomic mass is 9.91. The van der Waals surface area contributed by atoms with Gasteiger partial charge in [-0.25, -0.2) is 14.6 Å². The average Bonchev–Trinajstić information content (AvgIpc) is 3.88. The van der Waals surface area contributed by atoms with Crippen molar-refractivity contribution in [2.24, 2.45) is 16.3 Å². The van der Waals surface area contributed by atoms with E-state index >= 15 is 8.78 Å². The fourth-order valence-electron chi connectivity index (χ4n) is 10.6. The zero-order valence-corrected chi connectivity index (χ0v) is 34.0. The van der Waals surface area contributed by atoms with Gasteiger partial charge in [-0.1, -0.05) is 60.7 Å². The molecule has 2 saturated heterocycles. The van der Waals surface area contributed by atoms with E-state index in [0.29, 0.717) is 52.7 Å². The summed E-state index contributed by atoms with van der Waals surface area (Å²) in [7, 11) is 0. The van der Waals surface area contributed by atoms with E-state index in [4.69, 9.17) is 14.5 Å². The Kier molecular flexibility index (Phi) is 8.26. The first-order valence-corrected chi connectivity index (χ1v) is 21.2. The van der Waals surface area contributed by atoms with Gasteiger partial charge in [-0.05, 0) is 128 Å². The summed E-state index contributed by atoms with van der Waals surface area (Å²) in [6.07, 6.45) is 7.54. The van der Waals surface area contributed by atoms with Crippen LogP contribution in [0.25, 0.3) is 33.5 Å². The minimum atomic E-state index is -3.22. The summed E-state index contributed by atoms with van der Waals surface area (Å²) in [6, 6.07) is 26.0. The minimum Gasteiger partial charge on any atom is -0.445 e. The number of piperidine rings is 1. The normalized spacial score (nSPS) is 23.7. The van der Waals surface area contributed by atoms with Crippen LogP contribution in [0.15, 0.2) is 96.1 Å².